The normalized spacial score (nSPS) is 21.6. The summed E-state index contributed by atoms with van der Waals surface area (Å²) in [6.45, 7) is 0.926. The molecule has 1 aliphatic heterocycles. The van der Waals surface area contributed by atoms with Crippen LogP contribution in [-0.4, -0.2) is 39.2 Å². The summed E-state index contributed by atoms with van der Waals surface area (Å²) in [5.41, 5.74) is 6.98. The summed E-state index contributed by atoms with van der Waals surface area (Å²) in [6.07, 6.45) is 2.90. The Hall–Kier alpha value is -1.60. The van der Waals surface area contributed by atoms with Gasteiger partial charge in [0.2, 0.25) is 10.0 Å². The first-order chi connectivity index (χ1) is 10.5. The number of rotatable bonds is 5. The molecule has 6 nitrogen and oxygen atoms in total. The first-order valence-electron chi connectivity index (χ1n) is 7.61. The molecule has 1 aromatic rings. The summed E-state index contributed by atoms with van der Waals surface area (Å²) in [4.78, 5) is 12.2. The summed E-state index contributed by atoms with van der Waals surface area (Å²) in [5, 5.41) is 2.83. The molecule has 0 aromatic heterocycles. The molecule has 0 bridgehead atoms. The van der Waals surface area contributed by atoms with E-state index < -0.39 is 10.0 Å². The Morgan fingerprint density at radius 3 is 2.82 bits per heavy atom. The molecule has 1 atom stereocenters. The molecule has 2 aliphatic rings. The van der Waals surface area contributed by atoms with Gasteiger partial charge >= 0.3 is 0 Å². The van der Waals surface area contributed by atoms with Crippen LogP contribution in [-0.2, 0) is 10.0 Å². The van der Waals surface area contributed by atoms with E-state index in [0.29, 0.717) is 36.7 Å². The number of sulfonamides is 1. The molecule has 22 heavy (non-hydrogen) atoms. The number of carbonyl (C=O) groups is 1. The molecule has 1 aromatic carbocycles. The van der Waals surface area contributed by atoms with Gasteiger partial charge in [-0.25, -0.2) is 8.42 Å². The average Bonchev–Trinajstić information content (AvgIpc) is 3.28. The quantitative estimate of drug-likeness (QED) is 0.834. The first kappa shape index (κ1) is 15.3. The molecule has 1 saturated carbocycles. The van der Waals surface area contributed by atoms with E-state index in [9.17, 15) is 13.2 Å². The monoisotopic (exact) mass is 323 g/mol. The maximum atomic E-state index is 12.2. The summed E-state index contributed by atoms with van der Waals surface area (Å²) in [6, 6.07) is 6.74. The van der Waals surface area contributed by atoms with Crippen LogP contribution in [0, 0.1) is 5.92 Å². The molecule has 3 N–H and O–H groups in total. The average molecular weight is 323 g/mol. The Kier molecular flexibility index (Phi) is 4.10. The van der Waals surface area contributed by atoms with Crippen molar-refractivity contribution in [3.8, 4) is 0 Å². The van der Waals surface area contributed by atoms with Crippen molar-refractivity contribution in [2.75, 3.05) is 23.1 Å². The van der Waals surface area contributed by atoms with Crippen LogP contribution in [0.3, 0.4) is 0 Å². The standard InChI is InChI=1S/C15H21N3O3S/c16-14(11-5-6-11)10-17-15(19)12-3-1-4-13(9-12)18-7-2-8-22(18,20)21/h1,3-4,9,11,14H,2,5-8,10,16H2,(H,17,19). The van der Waals surface area contributed by atoms with E-state index in [1.54, 1.807) is 24.3 Å². The number of benzene rings is 1. The lowest BCUT2D eigenvalue weighted by Gasteiger charge is -2.18. The number of nitrogens with two attached hydrogens (primary N) is 1. The van der Waals surface area contributed by atoms with Gasteiger partial charge in [-0.05, 0) is 43.4 Å². The third kappa shape index (κ3) is 3.25. The van der Waals surface area contributed by atoms with Crippen molar-refractivity contribution in [3.05, 3.63) is 29.8 Å². The van der Waals surface area contributed by atoms with E-state index in [1.165, 1.54) is 4.31 Å². The minimum atomic E-state index is -3.23. The van der Waals surface area contributed by atoms with Crippen molar-refractivity contribution in [1.29, 1.82) is 0 Å². The van der Waals surface area contributed by atoms with Gasteiger partial charge in [0.05, 0.1) is 11.4 Å². The van der Waals surface area contributed by atoms with Crippen molar-refractivity contribution >= 4 is 21.6 Å². The van der Waals surface area contributed by atoms with Gasteiger partial charge in [-0.15, -0.1) is 0 Å². The largest absolute Gasteiger partial charge is 0.350 e. The summed E-state index contributed by atoms with van der Waals surface area (Å²) >= 11 is 0. The van der Waals surface area contributed by atoms with Gasteiger partial charge < -0.3 is 11.1 Å². The molecule has 2 fully saturated rings. The fourth-order valence-electron chi connectivity index (χ4n) is 2.74. The van der Waals surface area contributed by atoms with Crippen LogP contribution >= 0.6 is 0 Å². The Bertz CT molecular complexity index is 670. The molecule has 1 amide bonds. The van der Waals surface area contributed by atoms with Crippen LogP contribution in [0.25, 0.3) is 0 Å². The third-order valence-electron chi connectivity index (χ3n) is 4.22. The van der Waals surface area contributed by atoms with Crippen molar-refractivity contribution in [3.63, 3.8) is 0 Å². The maximum absolute atomic E-state index is 12.2. The highest BCUT2D eigenvalue weighted by Gasteiger charge is 2.30. The van der Waals surface area contributed by atoms with Crippen LogP contribution < -0.4 is 15.4 Å². The molecule has 1 heterocycles. The van der Waals surface area contributed by atoms with Gasteiger partial charge in [-0.3, -0.25) is 9.10 Å². The van der Waals surface area contributed by atoms with Crippen LogP contribution in [0.4, 0.5) is 5.69 Å². The van der Waals surface area contributed by atoms with Crippen molar-refractivity contribution < 1.29 is 13.2 Å². The van der Waals surface area contributed by atoms with Crippen molar-refractivity contribution in [2.45, 2.75) is 25.3 Å². The smallest absolute Gasteiger partial charge is 0.251 e. The Morgan fingerprint density at radius 1 is 1.41 bits per heavy atom. The predicted molar refractivity (Wildman–Crippen MR) is 85.2 cm³/mol. The number of anilines is 1. The van der Waals surface area contributed by atoms with Crippen LogP contribution in [0.1, 0.15) is 29.6 Å². The second-order valence-electron chi connectivity index (χ2n) is 6.00. The van der Waals surface area contributed by atoms with Gasteiger partial charge in [0.25, 0.3) is 5.91 Å². The Balaban J connectivity index is 1.69. The highest BCUT2D eigenvalue weighted by Crippen LogP contribution is 2.31. The van der Waals surface area contributed by atoms with E-state index in [0.717, 1.165) is 12.8 Å². The van der Waals surface area contributed by atoms with E-state index >= 15 is 0 Å². The van der Waals surface area contributed by atoms with Gasteiger partial charge in [0.15, 0.2) is 0 Å². The highest BCUT2D eigenvalue weighted by molar-refractivity contribution is 7.93. The summed E-state index contributed by atoms with van der Waals surface area (Å²) in [5.74, 6) is 0.482. The molecule has 1 aliphatic carbocycles. The van der Waals surface area contributed by atoms with Crippen LogP contribution in [0.15, 0.2) is 24.3 Å². The molecule has 120 valence electrons. The number of hydrogen-bond donors (Lipinski definition) is 2. The number of nitrogens with one attached hydrogen (secondary N) is 1. The molecule has 0 spiro atoms. The zero-order valence-electron chi connectivity index (χ0n) is 12.4. The predicted octanol–water partition coefficient (Wildman–Crippen LogP) is 0.694. The number of amides is 1. The topological polar surface area (TPSA) is 92.5 Å². The van der Waals surface area contributed by atoms with Crippen LogP contribution in [0.5, 0.6) is 0 Å². The van der Waals surface area contributed by atoms with E-state index in [-0.39, 0.29) is 17.7 Å². The van der Waals surface area contributed by atoms with Gasteiger partial charge in [-0.1, -0.05) is 6.07 Å². The Morgan fingerprint density at radius 2 is 2.18 bits per heavy atom. The lowest BCUT2D eigenvalue weighted by atomic mass is 10.1. The molecule has 3 rings (SSSR count). The molecular weight excluding hydrogens is 302 g/mol. The number of hydrogen-bond acceptors (Lipinski definition) is 4. The SMILES string of the molecule is NC(CNC(=O)c1cccc(N2CCCS2(=O)=O)c1)C1CC1. The van der Waals surface area contributed by atoms with Crippen LogP contribution in [0.2, 0.25) is 0 Å². The number of carbonyl (C=O) groups excluding carboxylic acids is 1. The molecule has 1 unspecified atom stereocenters. The lowest BCUT2D eigenvalue weighted by Crippen LogP contribution is -2.38. The Labute approximate surface area is 130 Å². The van der Waals surface area contributed by atoms with E-state index in [2.05, 4.69) is 5.32 Å². The maximum Gasteiger partial charge on any atom is 0.251 e. The molecular formula is C15H21N3O3S. The van der Waals surface area contributed by atoms with Gasteiger partial charge in [-0.2, -0.15) is 0 Å². The minimum absolute atomic E-state index is 0.00564. The lowest BCUT2D eigenvalue weighted by molar-refractivity contribution is 0.0950. The summed E-state index contributed by atoms with van der Waals surface area (Å²) in [7, 11) is -3.23. The second-order valence-corrected chi connectivity index (χ2v) is 8.02. The van der Waals surface area contributed by atoms with Gasteiger partial charge in [0.1, 0.15) is 0 Å². The fourth-order valence-corrected chi connectivity index (χ4v) is 4.29. The van der Waals surface area contributed by atoms with E-state index in [1.807, 2.05) is 0 Å². The van der Waals surface area contributed by atoms with E-state index in [4.69, 9.17) is 5.73 Å². The third-order valence-corrected chi connectivity index (χ3v) is 6.09. The minimum Gasteiger partial charge on any atom is -0.350 e. The summed E-state index contributed by atoms with van der Waals surface area (Å²) < 4.78 is 25.3. The molecule has 0 radical (unpaired) electrons. The molecule has 7 heteroatoms. The second kappa shape index (κ2) is 5.89. The van der Waals surface area contributed by atoms with Crippen molar-refractivity contribution in [2.24, 2.45) is 11.7 Å². The fraction of sp³-hybridized carbons (Fsp3) is 0.533. The highest BCUT2D eigenvalue weighted by atomic mass is 32.2. The van der Waals surface area contributed by atoms with Crippen molar-refractivity contribution in [1.82, 2.24) is 5.32 Å². The first-order valence-corrected chi connectivity index (χ1v) is 9.22. The number of nitrogens with zero attached hydrogens (tertiary/aromatic N) is 1. The zero-order chi connectivity index (χ0) is 15.7. The zero-order valence-corrected chi connectivity index (χ0v) is 13.2. The molecule has 1 saturated heterocycles. The van der Waals surface area contributed by atoms with Gasteiger partial charge in [0, 0.05) is 24.7 Å².